The number of thiophene rings is 1. The summed E-state index contributed by atoms with van der Waals surface area (Å²) in [6, 6.07) is 4.42. The Kier molecular flexibility index (Phi) is 16.3. The van der Waals surface area contributed by atoms with Gasteiger partial charge < -0.3 is 0 Å². The SMILES string of the molecule is CCCCCCCCS/C=C(/CCCCCCCC)Sc1cccs1. The molecule has 0 unspecified atom stereocenters. The maximum Gasteiger partial charge on any atom is 0.0643 e. The largest absolute Gasteiger partial charge is 0.137 e. The molecule has 0 atom stereocenters. The van der Waals surface area contributed by atoms with Crippen molar-refractivity contribution in [2.75, 3.05) is 5.75 Å². The van der Waals surface area contributed by atoms with E-state index in [0.29, 0.717) is 0 Å². The lowest BCUT2D eigenvalue weighted by atomic mass is 10.1. The van der Waals surface area contributed by atoms with Crippen LogP contribution in [0.15, 0.2) is 32.0 Å². The van der Waals surface area contributed by atoms with Gasteiger partial charge in [0.05, 0.1) is 4.21 Å². The predicted octanol–water partition coefficient (Wildman–Crippen LogP) is 9.53. The van der Waals surface area contributed by atoms with Crippen molar-refractivity contribution in [1.82, 2.24) is 0 Å². The van der Waals surface area contributed by atoms with E-state index in [-0.39, 0.29) is 0 Å². The van der Waals surface area contributed by atoms with Gasteiger partial charge in [0.15, 0.2) is 0 Å². The summed E-state index contributed by atoms with van der Waals surface area (Å²) < 4.78 is 1.44. The molecule has 0 fully saturated rings. The van der Waals surface area contributed by atoms with E-state index in [2.05, 4.69) is 36.8 Å². The third-order valence-corrected chi connectivity index (χ3v) is 7.58. The van der Waals surface area contributed by atoms with Gasteiger partial charge in [-0.25, -0.2) is 0 Å². The van der Waals surface area contributed by atoms with E-state index in [1.54, 1.807) is 4.91 Å². The van der Waals surface area contributed by atoms with Crippen molar-refractivity contribution < 1.29 is 0 Å². The van der Waals surface area contributed by atoms with Crippen molar-refractivity contribution in [3.05, 3.63) is 27.8 Å². The molecule has 0 nitrogen and oxygen atoms in total. The van der Waals surface area contributed by atoms with Gasteiger partial charge in [0.25, 0.3) is 0 Å². The Balaban J connectivity index is 2.22. The average molecular weight is 399 g/mol. The lowest BCUT2D eigenvalue weighted by molar-refractivity contribution is 0.610. The first-order chi connectivity index (χ1) is 12.4. The third kappa shape index (κ3) is 13.9. The van der Waals surface area contributed by atoms with Crippen LogP contribution in [0.5, 0.6) is 0 Å². The Bertz CT molecular complexity index is 409. The van der Waals surface area contributed by atoms with Gasteiger partial charge >= 0.3 is 0 Å². The summed E-state index contributed by atoms with van der Waals surface area (Å²) in [7, 11) is 0. The molecule has 0 saturated carbocycles. The molecule has 0 saturated heterocycles. The fourth-order valence-electron chi connectivity index (χ4n) is 2.78. The number of thioether (sulfide) groups is 2. The molecule has 1 heterocycles. The quantitative estimate of drug-likeness (QED) is 0.189. The molecule has 1 aromatic heterocycles. The van der Waals surface area contributed by atoms with E-state index in [0.717, 1.165) is 0 Å². The van der Waals surface area contributed by atoms with Crippen LogP contribution in [0.2, 0.25) is 0 Å². The molecule has 0 aromatic carbocycles. The van der Waals surface area contributed by atoms with Gasteiger partial charge in [0, 0.05) is 0 Å². The Morgan fingerprint density at radius 3 is 2.16 bits per heavy atom. The van der Waals surface area contributed by atoms with Crippen molar-refractivity contribution in [3.8, 4) is 0 Å². The second-order valence-electron chi connectivity index (χ2n) is 6.77. The Hall–Kier alpha value is 0.140. The number of hydrogen-bond acceptors (Lipinski definition) is 3. The van der Waals surface area contributed by atoms with Crippen LogP contribution in [0.25, 0.3) is 0 Å². The minimum Gasteiger partial charge on any atom is -0.137 e. The maximum absolute atomic E-state index is 2.46. The first-order valence-electron chi connectivity index (χ1n) is 10.4. The molecule has 0 aliphatic rings. The highest BCUT2D eigenvalue weighted by atomic mass is 32.2. The van der Waals surface area contributed by atoms with Gasteiger partial charge in [-0.15, -0.1) is 23.1 Å². The topological polar surface area (TPSA) is 0 Å². The fourth-order valence-corrected chi connectivity index (χ4v) is 5.75. The lowest BCUT2D eigenvalue weighted by Crippen LogP contribution is -1.84. The van der Waals surface area contributed by atoms with Crippen LogP contribution in [0.3, 0.4) is 0 Å². The number of unbranched alkanes of at least 4 members (excludes halogenated alkanes) is 10. The monoisotopic (exact) mass is 398 g/mol. The van der Waals surface area contributed by atoms with E-state index in [4.69, 9.17) is 0 Å². The molecule has 0 aliphatic carbocycles. The summed E-state index contributed by atoms with van der Waals surface area (Å²) >= 11 is 5.91. The smallest absolute Gasteiger partial charge is 0.0643 e. The first-order valence-corrected chi connectivity index (χ1v) is 13.1. The molecule has 0 amide bonds. The molecule has 0 N–H and O–H groups in total. The van der Waals surface area contributed by atoms with E-state index < -0.39 is 0 Å². The second-order valence-corrected chi connectivity index (χ2v) is 10.1. The molecular formula is C22H38S3. The normalized spacial score (nSPS) is 12.0. The molecule has 0 radical (unpaired) electrons. The zero-order chi connectivity index (χ0) is 18.0. The summed E-state index contributed by atoms with van der Waals surface area (Å²) in [6.07, 6.45) is 18.0. The first kappa shape index (κ1) is 23.2. The minimum atomic E-state index is 1.26. The van der Waals surface area contributed by atoms with Crippen LogP contribution in [0.1, 0.15) is 97.3 Å². The number of rotatable bonds is 17. The van der Waals surface area contributed by atoms with Crippen LogP contribution >= 0.6 is 34.9 Å². The van der Waals surface area contributed by atoms with Gasteiger partial charge in [0.1, 0.15) is 0 Å². The summed E-state index contributed by atoms with van der Waals surface area (Å²) in [5.74, 6) is 1.29. The molecule has 25 heavy (non-hydrogen) atoms. The molecule has 0 bridgehead atoms. The van der Waals surface area contributed by atoms with Gasteiger partial charge in [0.2, 0.25) is 0 Å². The van der Waals surface area contributed by atoms with Crippen LogP contribution in [-0.4, -0.2) is 5.75 Å². The highest BCUT2D eigenvalue weighted by Crippen LogP contribution is 2.35. The van der Waals surface area contributed by atoms with Crippen molar-refractivity contribution in [3.63, 3.8) is 0 Å². The van der Waals surface area contributed by atoms with Gasteiger partial charge in [-0.3, -0.25) is 0 Å². The van der Waals surface area contributed by atoms with Crippen LogP contribution in [0.4, 0.5) is 0 Å². The van der Waals surface area contributed by atoms with Gasteiger partial charge in [-0.05, 0) is 46.8 Å². The number of hydrogen-bond donors (Lipinski definition) is 0. The van der Waals surface area contributed by atoms with Crippen molar-refractivity contribution in [2.24, 2.45) is 0 Å². The fraction of sp³-hybridized carbons (Fsp3) is 0.727. The second kappa shape index (κ2) is 17.5. The predicted molar refractivity (Wildman–Crippen MR) is 122 cm³/mol. The minimum absolute atomic E-state index is 1.26. The summed E-state index contributed by atoms with van der Waals surface area (Å²) in [4.78, 5) is 1.58. The van der Waals surface area contributed by atoms with Gasteiger partial charge in [-0.1, -0.05) is 95.9 Å². The van der Waals surface area contributed by atoms with Gasteiger partial charge in [-0.2, -0.15) is 0 Å². The van der Waals surface area contributed by atoms with E-state index in [9.17, 15) is 0 Å². The molecule has 144 valence electrons. The Morgan fingerprint density at radius 2 is 1.52 bits per heavy atom. The molecule has 0 spiro atoms. The van der Waals surface area contributed by atoms with E-state index in [1.165, 1.54) is 93.4 Å². The Labute approximate surface area is 169 Å². The highest BCUT2D eigenvalue weighted by Gasteiger charge is 2.03. The Morgan fingerprint density at radius 1 is 0.880 bits per heavy atom. The van der Waals surface area contributed by atoms with Crippen LogP contribution < -0.4 is 0 Å². The van der Waals surface area contributed by atoms with Crippen LogP contribution in [-0.2, 0) is 0 Å². The third-order valence-electron chi connectivity index (χ3n) is 4.33. The van der Waals surface area contributed by atoms with Crippen molar-refractivity contribution in [1.29, 1.82) is 0 Å². The molecule has 1 aromatic rings. The lowest BCUT2D eigenvalue weighted by Gasteiger charge is -2.07. The summed E-state index contributed by atoms with van der Waals surface area (Å²) in [6.45, 7) is 4.58. The van der Waals surface area contributed by atoms with E-state index in [1.807, 2.05) is 34.9 Å². The number of allylic oxidation sites excluding steroid dienone is 1. The summed E-state index contributed by atoms with van der Waals surface area (Å²) in [5, 5.41) is 4.65. The molecule has 0 aliphatic heterocycles. The molecule has 1 rings (SSSR count). The standard InChI is InChI=1S/C22H38S3/c1-3-5-7-9-11-13-16-21(25-22-17-15-19-24-22)20-23-18-14-12-10-8-6-4-2/h15,17,19-20H,3-14,16,18H2,1-2H3/b21-20-. The molecule has 3 heteroatoms. The average Bonchev–Trinajstić information content (AvgIpc) is 3.13. The van der Waals surface area contributed by atoms with Crippen LogP contribution in [0, 0.1) is 0 Å². The summed E-state index contributed by atoms with van der Waals surface area (Å²) in [5.41, 5.74) is 0. The molecular weight excluding hydrogens is 360 g/mol. The van der Waals surface area contributed by atoms with E-state index >= 15 is 0 Å². The van der Waals surface area contributed by atoms with Crippen molar-refractivity contribution >= 4 is 34.9 Å². The highest BCUT2D eigenvalue weighted by molar-refractivity contribution is 8.07. The maximum atomic E-state index is 2.46. The van der Waals surface area contributed by atoms with Crippen molar-refractivity contribution in [2.45, 2.75) is 102 Å². The zero-order valence-corrected chi connectivity index (χ0v) is 18.9. The zero-order valence-electron chi connectivity index (χ0n) is 16.4.